The van der Waals surface area contributed by atoms with E-state index in [4.69, 9.17) is 4.98 Å². The molecular weight excluding hydrogens is 556 g/mol. The van der Waals surface area contributed by atoms with E-state index in [-0.39, 0.29) is 23.8 Å². The van der Waals surface area contributed by atoms with Crippen molar-refractivity contribution < 1.29 is 19.5 Å². The minimum Gasteiger partial charge on any atom is -0.465 e. The number of carbonyl (C=O) groups excluding carboxylic acids is 2. The summed E-state index contributed by atoms with van der Waals surface area (Å²) >= 11 is 0. The van der Waals surface area contributed by atoms with Crippen LogP contribution in [0.25, 0.3) is 16.7 Å². The Morgan fingerprint density at radius 2 is 1.93 bits per heavy atom. The largest absolute Gasteiger partial charge is 0.465 e. The summed E-state index contributed by atoms with van der Waals surface area (Å²) in [5, 5.41) is 14.6. The molecule has 0 saturated carbocycles. The predicted octanol–water partition coefficient (Wildman–Crippen LogP) is 6.20. The zero-order valence-corrected chi connectivity index (χ0v) is 24.4. The van der Waals surface area contributed by atoms with Crippen LogP contribution >= 0.6 is 0 Å². The topological polar surface area (TPSA) is 129 Å². The van der Waals surface area contributed by atoms with Crippen LogP contribution in [0.1, 0.15) is 55.6 Å². The number of carbonyl (C=O) groups is 3. The highest BCUT2D eigenvalue weighted by Crippen LogP contribution is 2.37. The molecule has 2 aliphatic heterocycles. The Morgan fingerprint density at radius 3 is 2.73 bits per heavy atom. The van der Waals surface area contributed by atoms with Crippen molar-refractivity contribution in [3.63, 3.8) is 0 Å². The molecule has 0 radical (unpaired) electrons. The molecule has 10 nitrogen and oxygen atoms in total. The van der Waals surface area contributed by atoms with E-state index in [0.717, 1.165) is 40.1 Å². The first-order valence-electron chi connectivity index (χ1n) is 14.8. The Morgan fingerprint density at radius 1 is 1.09 bits per heavy atom. The van der Waals surface area contributed by atoms with Gasteiger partial charge in [0.05, 0.1) is 35.6 Å². The molecule has 4 heterocycles. The van der Waals surface area contributed by atoms with E-state index < -0.39 is 6.09 Å². The van der Waals surface area contributed by atoms with Crippen LogP contribution in [0.4, 0.5) is 16.2 Å². The first kappa shape index (κ1) is 28.9. The Bertz CT molecular complexity index is 1730. The van der Waals surface area contributed by atoms with E-state index in [9.17, 15) is 19.5 Å². The van der Waals surface area contributed by atoms with Gasteiger partial charge in [-0.25, -0.2) is 9.78 Å². The molecule has 224 valence electrons. The molecule has 3 amide bonds. The number of amides is 3. The van der Waals surface area contributed by atoms with E-state index in [1.165, 1.54) is 0 Å². The number of nitrogens with zero attached hydrogens (tertiary/aromatic N) is 4. The lowest BCUT2D eigenvalue weighted by Gasteiger charge is -2.34. The number of pyridine rings is 1. The van der Waals surface area contributed by atoms with Crippen molar-refractivity contribution >= 4 is 34.9 Å². The van der Waals surface area contributed by atoms with Crippen LogP contribution in [0.2, 0.25) is 0 Å². The van der Waals surface area contributed by atoms with Crippen molar-refractivity contribution in [2.75, 3.05) is 17.2 Å². The fourth-order valence-electron chi connectivity index (χ4n) is 6.03. The number of anilines is 2. The minimum atomic E-state index is -1.18. The third-order valence-corrected chi connectivity index (χ3v) is 8.34. The van der Waals surface area contributed by atoms with Gasteiger partial charge in [0.2, 0.25) is 11.8 Å². The highest BCUT2D eigenvalue weighted by atomic mass is 16.4. The highest BCUT2D eigenvalue weighted by molar-refractivity contribution is 5.99. The summed E-state index contributed by atoms with van der Waals surface area (Å²) in [6.07, 6.45) is 8.60. The fourth-order valence-corrected chi connectivity index (χ4v) is 6.03. The Hall–Kier alpha value is -5.25. The maximum absolute atomic E-state index is 13.8. The molecular formula is C34H34N6O4. The summed E-state index contributed by atoms with van der Waals surface area (Å²) in [5.74, 6) is -0.490. The molecule has 2 aromatic carbocycles. The van der Waals surface area contributed by atoms with Gasteiger partial charge in [0, 0.05) is 42.5 Å². The van der Waals surface area contributed by atoms with E-state index in [0.29, 0.717) is 43.7 Å². The van der Waals surface area contributed by atoms with Gasteiger partial charge in [-0.15, -0.1) is 0 Å². The summed E-state index contributed by atoms with van der Waals surface area (Å²) in [6.45, 7) is 3.09. The third-order valence-electron chi connectivity index (χ3n) is 8.34. The van der Waals surface area contributed by atoms with Crippen LogP contribution in [0.15, 0.2) is 85.5 Å². The molecule has 44 heavy (non-hydrogen) atoms. The monoisotopic (exact) mass is 590 g/mol. The van der Waals surface area contributed by atoms with Gasteiger partial charge in [0.1, 0.15) is 0 Å². The normalized spacial score (nSPS) is 18.8. The number of benzene rings is 2. The summed E-state index contributed by atoms with van der Waals surface area (Å²) in [5.41, 5.74) is 6.26. The molecule has 10 heteroatoms. The van der Waals surface area contributed by atoms with Gasteiger partial charge in [0.15, 0.2) is 0 Å². The Labute approximate surface area is 255 Å². The molecule has 0 aliphatic carbocycles. The number of imidazole rings is 1. The molecule has 2 aliphatic rings. The lowest BCUT2D eigenvalue weighted by molar-refractivity contribution is -0.129. The summed E-state index contributed by atoms with van der Waals surface area (Å²) in [6, 6.07) is 18.8. The fraction of sp³-hybridized carbons (Fsp3) is 0.265. The second-order valence-corrected chi connectivity index (χ2v) is 11.3. The highest BCUT2D eigenvalue weighted by Gasteiger charge is 2.30. The van der Waals surface area contributed by atoms with Crippen LogP contribution in [0.3, 0.4) is 0 Å². The molecule has 4 aromatic rings. The molecule has 0 fully saturated rings. The molecule has 0 unspecified atom stereocenters. The summed E-state index contributed by atoms with van der Waals surface area (Å²) in [7, 11) is 0. The maximum atomic E-state index is 13.8. The number of hydrogen-bond acceptors (Lipinski definition) is 5. The standard InChI is InChI=1S/C34H34N6O4/c1-22-6-5-9-30(29-16-24(12-14-36-29)27-11-10-26(37-34(43)44)18-28(27)38-33(22)42)40-15-13-25(17-32(40)41)31-19-35-21-39(31)20-23-7-3-2-4-8-23/h2-4,7-8,10-12,14,16-19,21-22,30,37H,5-6,9,13,15,20H2,1H3,(H,38,42)(H,43,44)/t22-,30+/m1/s1. The van der Waals surface area contributed by atoms with Crippen molar-refractivity contribution in [1.29, 1.82) is 0 Å². The molecule has 2 atom stereocenters. The second kappa shape index (κ2) is 12.5. The van der Waals surface area contributed by atoms with Gasteiger partial charge in [-0.05, 0) is 60.2 Å². The van der Waals surface area contributed by atoms with Crippen molar-refractivity contribution in [1.82, 2.24) is 19.4 Å². The van der Waals surface area contributed by atoms with Crippen LogP contribution in [-0.2, 0) is 16.1 Å². The molecule has 2 bridgehead atoms. The Balaban J connectivity index is 1.31. The van der Waals surface area contributed by atoms with E-state index in [2.05, 4.69) is 32.3 Å². The number of carboxylic acid groups (broad SMARTS) is 1. The number of aromatic nitrogens is 3. The van der Waals surface area contributed by atoms with Crippen molar-refractivity contribution in [3.8, 4) is 11.1 Å². The van der Waals surface area contributed by atoms with Crippen LogP contribution in [-0.4, -0.2) is 49.0 Å². The van der Waals surface area contributed by atoms with Crippen molar-refractivity contribution in [2.24, 2.45) is 5.92 Å². The summed E-state index contributed by atoms with van der Waals surface area (Å²) in [4.78, 5) is 49.1. The van der Waals surface area contributed by atoms with Gasteiger partial charge < -0.3 is 19.9 Å². The van der Waals surface area contributed by atoms with Crippen LogP contribution < -0.4 is 10.6 Å². The quantitative estimate of drug-likeness (QED) is 0.254. The van der Waals surface area contributed by atoms with Gasteiger partial charge >= 0.3 is 6.09 Å². The molecule has 0 saturated heterocycles. The van der Waals surface area contributed by atoms with Crippen LogP contribution in [0.5, 0.6) is 0 Å². The predicted molar refractivity (Wildman–Crippen MR) is 168 cm³/mol. The number of fused-ring (bicyclic) bond motifs is 4. The lowest BCUT2D eigenvalue weighted by Crippen LogP contribution is -2.38. The van der Waals surface area contributed by atoms with Crippen LogP contribution in [0, 0.1) is 5.92 Å². The zero-order chi connectivity index (χ0) is 30.6. The average molecular weight is 591 g/mol. The summed E-state index contributed by atoms with van der Waals surface area (Å²) < 4.78 is 2.08. The van der Waals surface area contributed by atoms with Gasteiger partial charge in [-0.2, -0.15) is 0 Å². The third kappa shape index (κ3) is 6.24. The minimum absolute atomic E-state index is 0.0708. The van der Waals surface area contributed by atoms with E-state index in [1.54, 1.807) is 36.8 Å². The number of nitrogens with one attached hydrogen (secondary N) is 2. The molecule has 6 rings (SSSR count). The molecule has 2 aromatic heterocycles. The number of rotatable bonds is 5. The van der Waals surface area contributed by atoms with Crippen molar-refractivity contribution in [2.45, 2.75) is 45.2 Å². The lowest BCUT2D eigenvalue weighted by atomic mass is 9.93. The second-order valence-electron chi connectivity index (χ2n) is 11.3. The molecule has 3 N–H and O–H groups in total. The van der Waals surface area contributed by atoms with Crippen molar-refractivity contribution in [3.05, 3.63) is 102 Å². The SMILES string of the molecule is C[C@@H]1CCC[C@H](N2CCC(c3cncn3Cc3ccccc3)=CC2=O)c2cc(ccn2)-c2ccc(NC(=O)O)cc2NC1=O. The Kier molecular flexibility index (Phi) is 8.23. The van der Waals surface area contributed by atoms with Gasteiger partial charge in [-0.1, -0.05) is 49.7 Å². The van der Waals surface area contributed by atoms with Gasteiger partial charge in [-0.3, -0.25) is 19.9 Å². The van der Waals surface area contributed by atoms with E-state index >= 15 is 0 Å². The first-order valence-corrected chi connectivity index (χ1v) is 14.8. The zero-order valence-electron chi connectivity index (χ0n) is 24.4. The smallest absolute Gasteiger partial charge is 0.409 e. The maximum Gasteiger partial charge on any atom is 0.409 e. The molecule has 0 spiro atoms. The van der Waals surface area contributed by atoms with Gasteiger partial charge in [0.25, 0.3) is 0 Å². The first-order chi connectivity index (χ1) is 21.4. The average Bonchev–Trinajstić information content (AvgIpc) is 3.47. The van der Waals surface area contributed by atoms with E-state index in [1.807, 2.05) is 48.4 Å². The number of hydrogen-bond donors (Lipinski definition) is 3.